The van der Waals surface area contributed by atoms with Gasteiger partial charge in [0.05, 0.1) is 0 Å². The van der Waals surface area contributed by atoms with Gasteiger partial charge >= 0.3 is 63.6 Å². The van der Waals surface area contributed by atoms with E-state index in [2.05, 4.69) is 0 Å². The van der Waals surface area contributed by atoms with Crippen molar-refractivity contribution in [1.29, 1.82) is 0 Å². The van der Waals surface area contributed by atoms with Gasteiger partial charge < -0.3 is 1.43 Å². The molecule has 16 heavy (non-hydrogen) atoms. The average Bonchev–Trinajstić information content (AvgIpc) is 2.00. The van der Waals surface area contributed by atoms with Crippen LogP contribution in [0, 0.1) is 40.5 Å². The summed E-state index contributed by atoms with van der Waals surface area (Å²) in [7, 11) is 0. The summed E-state index contributed by atoms with van der Waals surface area (Å²) in [4.78, 5) is 34.6. The topological polar surface area (TPSA) is 173 Å². The van der Waals surface area contributed by atoms with Gasteiger partial charge in [0, 0.05) is 9.85 Å². The smallest absolute Gasteiger partial charge is 1.00 e. The molecule has 0 aliphatic rings. The monoisotopic (exact) mass is 264 g/mol. The van der Waals surface area contributed by atoms with Gasteiger partial charge in [0.15, 0.2) is 0 Å². The van der Waals surface area contributed by atoms with Crippen LogP contribution in [0.25, 0.3) is 0 Å². The Bertz CT molecular complexity index is 310. The molecular weight excluding hydrogens is 259 g/mol. The zero-order valence-corrected chi connectivity index (χ0v) is 11.0. The minimum absolute atomic E-state index is 0. The Morgan fingerprint density at radius 2 is 1.25 bits per heavy atom. The molecule has 86 valence electrons. The quantitative estimate of drug-likeness (QED) is 0.201. The van der Waals surface area contributed by atoms with Gasteiger partial charge in [-0.05, 0) is 0 Å². The molecule has 13 heteroatoms. The van der Waals surface area contributed by atoms with Crippen LogP contribution in [0.1, 0.15) is 1.43 Å². The van der Waals surface area contributed by atoms with Crippen LogP contribution < -0.4 is 51.4 Å². The van der Waals surface area contributed by atoms with Crippen molar-refractivity contribution in [2.75, 3.05) is 6.54 Å². The fraction of sp³-hybridized carbons (Fsp3) is 1.00. The molecule has 0 heterocycles. The molecular formula is C3H5KN4O8. The van der Waals surface area contributed by atoms with Crippen LogP contribution in [0.5, 0.6) is 0 Å². The molecule has 0 saturated heterocycles. The standard InChI is InChI=1S/C3H4N4O8.K.H/c8-4(9)1-2(5(10)11)3(6(12)13)7(14)15;;/h2-3H,1H2;;/q;+1;-1. The summed E-state index contributed by atoms with van der Waals surface area (Å²) >= 11 is 0. The first-order valence-electron chi connectivity index (χ1n) is 3.29. The Balaban J connectivity index is -0.000000980. The first-order chi connectivity index (χ1) is 6.77. The molecule has 1 atom stereocenters. The maximum Gasteiger partial charge on any atom is 1.00 e. The molecule has 0 radical (unpaired) electrons. The van der Waals surface area contributed by atoms with Gasteiger partial charge in [-0.2, -0.15) is 0 Å². The zero-order valence-electron chi connectivity index (χ0n) is 8.92. The maximum absolute atomic E-state index is 10.2. The van der Waals surface area contributed by atoms with Crippen molar-refractivity contribution in [3.8, 4) is 0 Å². The third-order valence-corrected chi connectivity index (χ3v) is 1.38. The first kappa shape index (κ1) is 17.6. The summed E-state index contributed by atoms with van der Waals surface area (Å²) in [5.74, 6) is 0. The van der Waals surface area contributed by atoms with E-state index >= 15 is 0 Å². The van der Waals surface area contributed by atoms with E-state index < -0.39 is 38.4 Å². The summed E-state index contributed by atoms with van der Waals surface area (Å²) < 4.78 is 0. The Morgan fingerprint density at radius 3 is 1.44 bits per heavy atom. The summed E-state index contributed by atoms with van der Waals surface area (Å²) in [5, 5.41) is 40.3. The van der Waals surface area contributed by atoms with Crippen molar-refractivity contribution in [2.24, 2.45) is 0 Å². The van der Waals surface area contributed by atoms with Gasteiger partial charge in [-0.25, -0.2) is 0 Å². The molecule has 0 aromatic carbocycles. The number of nitro groups is 4. The van der Waals surface area contributed by atoms with E-state index in [0.29, 0.717) is 0 Å². The second-order valence-corrected chi connectivity index (χ2v) is 2.35. The summed E-state index contributed by atoms with van der Waals surface area (Å²) in [6, 6.07) is -2.48. The predicted octanol–water partition coefficient (Wildman–Crippen LogP) is -4.10. The molecule has 0 rings (SSSR count). The predicted molar refractivity (Wildman–Crippen MR) is 41.5 cm³/mol. The fourth-order valence-corrected chi connectivity index (χ4v) is 0.781. The average molecular weight is 264 g/mol. The third kappa shape index (κ3) is 5.36. The molecule has 0 fully saturated rings. The normalized spacial score (nSPS) is 11.3. The second-order valence-electron chi connectivity index (χ2n) is 2.35. The Kier molecular flexibility index (Phi) is 8.26. The van der Waals surface area contributed by atoms with Crippen molar-refractivity contribution >= 4 is 0 Å². The van der Waals surface area contributed by atoms with E-state index in [1.165, 1.54) is 0 Å². The van der Waals surface area contributed by atoms with Gasteiger partial charge in [0.1, 0.15) is 9.85 Å². The van der Waals surface area contributed by atoms with Gasteiger partial charge in [0.2, 0.25) is 0 Å². The van der Waals surface area contributed by atoms with Crippen LogP contribution in [0.3, 0.4) is 0 Å². The molecule has 0 aliphatic heterocycles. The van der Waals surface area contributed by atoms with Crippen molar-refractivity contribution in [2.45, 2.75) is 12.2 Å². The van der Waals surface area contributed by atoms with E-state index in [4.69, 9.17) is 0 Å². The van der Waals surface area contributed by atoms with Crippen molar-refractivity contribution in [3.05, 3.63) is 40.5 Å². The van der Waals surface area contributed by atoms with Crippen molar-refractivity contribution in [3.63, 3.8) is 0 Å². The Hall–Kier alpha value is -0.764. The molecule has 0 amide bonds. The van der Waals surface area contributed by atoms with Crippen LogP contribution in [0.4, 0.5) is 0 Å². The Labute approximate surface area is 130 Å². The Morgan fingerprint density at radius 1 is 0.875 bits per heavy atom. The summed E-state index contributed by atoms with van der Waals surface area (Å²) in [5.41, 5.74) is 0. The molecule has 0 N–H and O–H groups in total. The van der Waals surface area contributed by atoms with Crippen molar-refractivity contribution in [1.82, 2.24) is 0 Å². The SMILES string of the molecule is O=[N+]([O-])CC(C([N+](=O)[O-])[N+](=O)[O-])[N+](=O)[O-].[H-].[K+]. The van der Waals surface area contributed by atoms with Gasteiger partial charge in [-0.1, -0.05) is 0 Å². The van der Waals surface area contributed by atoms with Gasteiger partial charge in [-0.3, -0.25) is 40.5 Å². The zero-order chi connectivity index (χ0) is 12.2. The second kappa shape index (κ2) is 7.50. The number of hydrogen-bond donors (Lipinski definition) is 0. The molecule has 12 nitrogen and oxygen atoms in total. The number of nitrogens with zero attached hydrogens (tertiary/aromatic N) is 4. The van der Waals surface area contributed by atoms with Crippen LogP contribution in [0.2, 0.25) is 0 Å². The van der Waals surface area contributed by atoms with Crippen LogP contribution in [-0.4, -0.2) is 38.4 Å². The molecule has 0 aromatic rings. The van der Waals surface area contributed by atoms with Gasteiger partial charge in [-0.15, -0.1) is 0 Å². The van der Waals surface area contributed by atoms with E-state index in [1.54, 1.807) is 0 Å². The van der Waals surface area contributed by atoms with Crippen LogP contribution in [0.15, 0.2) is 0 Å². The number of rotatable bonds is 6. The maximum atomic E-state index is 10.2. The minimum Gasteiger partial charge on any atom is -1.00 e. The molecule has 1 unspecified atom stereocenters. The van der Waals surface area contributed by atoms with Crippen LogP contribution in [-0.2, 0) is 0 Å². The molecule has 0 aliphatic carbocycles. The van der Waals surface area contributed by atoms with E-state index in [-0.39, 0.29) is 52.8 Å². The van der Waals surface area contributed by atoms with E-state index in [9.17, 15) is 40.5 Å². The number of hydrogen-bond acceptors (Lipinski definition) is 8. The molecule has 0 saturated carbocycles. The van der Waals surface area contributed by atoms with Crippen molar-refractivity contribution < 1.29 is 72.5 Å². The minimum atomic E-state index is -2.81. The summed E-state index contributed by atoms with van der Waals surface area (Å²) in [6.07, 6.45) is -2.81. The third-order valence-electron chi connectivity index (χ3n) is 1.38. The van der Waals surface area contributed by atoms with Crippen LogP contribution >= 0.6 is 0 Å². The molecule has 0 bridgehead atoms. The summed E-state index contributed by atoms with van der Waals surface area (Å²) in [6.45, 7) is -1.47. The van der Waals surface area contributed by atoms with E-state index in [1.807, 2.05) is 0 Å². The fourth-order valence-electron chi connectivity index (χ4n) is 0.781. The largest absolute Gasteiger partial charge is 1.00 e. The van der Waals surface area contributed by atoms with E-state index in [0.717, 1.165) is 0 Å². The first-order valence-corrected chi connectivity index (χ1v) is 3.29. The molecule has 0 aromatic heterocycles. The molecule has 0 spiro atoms. The van der Waals surface area contributed by atoms with Gasteiger partial charge in [0.25, 0.3) is 6.54 Å².